The molecule has 27 heavy (non-hydrogen) atoms. The van der Waals surface area contributed by atoms with Crippen molar-refractivity contribution in [2.75, 3.05) is 26.4 Å². The zero-order valence-corrected chi connectivity index (χ0v) is 18.1. The molecule has 1 aromatic carbocycles. The van der Waals surface area contributed by atoms with Crippen molar-refractivity contribution in [2.45, 2.75) is 45.4 Å². The van der Waals surface area contributed by atoms with Crippen LogP contribution in [0.25, 0.3) is 0 Å². The van der Waals surface area contributed by atoms with Crippen molar-refractivity contribution in [3.63, 3.8) is 0 Å². The highest BCUT2D eigenvalue weighted by atomic mass is 32.2. The minimum absolute atomic E-state index is 0.138. The SMILES string of the molecule is CC(=O)Sc1ccccc1C.CCOP(=O)(OCC)OCCCCNC=O. The fourth-order valence-electron chi connectivity index (χ4n) is 1.82. The Morgan fingerprint density at radius 1 is 1.15 bits per heavy atom. The van der Waals surface area contributed by atoms with E-state index in [4.69, 9.17) is 13.6 Å². The zero-order valence-electron chi connectivity index (χ0n) is 16.4. The summed E-state index contributed by atoms with van der Waals surface area (Å²) in [5.74, 6) is 0. The molecule has 0 fully saturated rings. The molecule has 0 radical (unpaired) electrons. The normalized spacial score (nSPS) is 10.7. The van der Waals surface area contributed by atoms with Crippen LogP contribution in [0.5, 0.6) is 0 Å². The number of unbranched alkanes of at least 4 members (excludes halogenated alkanes) is 1. The van der Waals surface area contributed by atoms with Gasteiger partial charge in [0, 0.05) is 18.4 Å². The Balaban J connectivity index is 0.000000533. The summed E-state index contributed by atoms with van der Waals surface area (Å²) in [5.41, 5.74) is 1.16. The first-order chi connectivity index (χ1) is 12.9. The number of thioether (sulfide) groups is 1. The molecule has 0 saturated carbocycles. The Hall–Kier alpha value is -1.18. The largest absolute Gasteiger partial charge is 0.474 e. The number of nitrogens with one attached hydrogen (secondary N) is 1. The van der Waals surface area contributed by atoms with E-state index in [2.05, 4.69) is 5.32 Å². The van der Waals surface area contributed by atoms with Gasteiger partial charge in [-0.2, -0.15) is 0 Å². The molecule has 0 aliphatic rings. The number of hydrogen-bond acceptors (Lipinski definition) is 7. The molecule has 9 heteroatoms. The third kappa shape index (κ3) is 13.6. The van der Waals surface area contributed by atoms with Crippen molar-refractivity contribution in [2.24, 2.45) is 0 Å². The zero-order chi connectivity index (χ0) is 20.5. The number of carbonyl (C=O) groups excluding carboxylic acids is 2. The van der Waals surface area contributed by atoms with Gasteiger partial charge in [0.1, 0.15) is 0 Å². The molecular formula is C18H30NO6PS. The third-order valence-electron chi connectivity index (χ3n) is 2.97. The second kappa shape index (κ2) is 15.8. The van der Waals surface area contributed by atoms with Crippen LogP contribution in [0, 0.1) is 6.92 Å². The number of hydrogen-bond donors (Lipinski definition) is 1. The lowest BCUT2D eigenvalue weighted by molar-refractivity contribution is -0.110. The molecule has 0 unspecified atom stereocenters. The van der Waals surface area contributed by atoms with Crippen LogP contribution in [0.2, 0.25) is 0 Å². The van der Waals surface area contributed by atoms with Gasteiger partial charge in [0.2, 0.25) is 6.41 Å². The number of rotatable bonds is 12. The Kier molecular flexibility index (Phi) is 15.1. The molecule has 0 saturated heterocycles. The maximum atomic E-state index is 11.8. The molecule has 1 aromatic rings. The van der Waals surface area contributed by atoms with Gasteiger partial charge in [-0.05, 0) is 45.2 Å². The average Bonchev–Trinajstić information content (AvgIpc) is 2.61. The lowest BCUT2D eigenvalue weighted by Crippen LogP contribution is -2.12. The lowest BCUT2D eigenvalue weighted by Gasteiger charge is -2.16. The van der Waals surface area contributed by atoms with E-state index in [-0.39, 0.29) is 24.9 Å². The molecular weight excluding hydrogens is 389 g/mol. The van der Waals surface area contributed by atoms with Crippen molar-refractivity contribution in [1.29, 1.82) is 0 Å². The standard InChI is InChI=1S/C9H20NO5P.C9H10OS/c1-3-13-16(12,14-4-2)15-8-6-5-7-10-9-11;1-7-5-3-4-6-9(7)11-8(2)10/h9H,3-8H2,1-2H3,(H,10,11);3-6H,1-2H3. The van der Waals surface area contributed by atoms with E-state index < -0.39 is 7.82 Å². The number of carbonyl (C=O) groups is 2. The number of phosphoric ester groups is 1. The summed E-state index contributed by atoms with van der Waals surface area (Å²) in [6.07, 6.45) is 2.09. The van der Waals surface area contributed by atoms with Crippen molar-refractivity contribution in [3.05, 3.63) is 29.8 Å². The molecule has 0 aliphatic heterocycles. The van der Waals surface area contributed by atoms with Crippen LogP contribution in [-0.4, -0.2) is 37.9 Å². The van der Waals surface area contributed by atoms with Crippen LogP contribution >= 0.6 is 19.6 Å². The Morgan fingerprint density at radius 3 is 2.30 bits per heavy atom. The Bertz CT molecular complexity index is 589. The van der Waals surface area contributed by atoms with Crippen molar-refractivity contribution in [1.82, 2.24) is 5.32 Å². The smallest absolute Gasteiger partial charge is 0.359 e. The molecule has 0 bridgehead atoms. The van der Waals surface area contributed by atoms with Crippen LogP contribution in [0.1, 0.15) is 39.2 Å². The van der Waals surface area contributed by atoms with Crippen LogP contribution < -0.4 is 5.32 Å². The monoisotopic (exact) mass is 419 g/mol. The molecule has 0 heterocycles. The molecule has 0 aromatic heterocycles. The van der Waals surface area contributed by atoms with E-state index in [1.807, 2.05) is 31.2 Å². The van der Waals surface area contributed by atoms with Crippen LogP contribution in [0.4, 0.5) is 0 Å². The van der Waals surface area contributed by atoms with Gasteiger partial charge in [-0.15, -0.1) is 0 Å². The highest BCUT2D eigenvalue weighted by molar-refractivity contribution is 8.13. The number of aryl methyl sites for hydroxylation is 1. The third-order valence-corrected chi connectivity index (χ3v) is 5.58. The summed E-state index contributed by atoms with van der Waals surface area (Å²) in [6, 6.07) is 7.88. The lowest BCUT2D eigenvalue weighted by atomic mass is 10.2. The van der Waals surface area contributed by atoms with Gasteiger partial charge in [-0.25, -0.2) is 4.57 Å². The summed E-state index contributed by atoms with van der Waals surface area (Å²) in [4.78, 5) is 21.7. The number of amides is 1. The predicted octanol–water partition coefficient (Wildman–Crippen LogP) is 4.34. The first-order valence-electron chi connectivity index (χ1n) is 8.83. The van der Waals surface area contributed by atoms with Crippen LogP contribution in [-0.2, 0) is 27.7 Å². The second-order valence-electron chi connectivity index (χ2n) is 5.25. The van der Waals surface area contributed by atoms with Crippen molar-refractivity contribution < 1.29 is 27.7 Å². The molecule has 0 aliphatic carbocycles. The highest BCUT2D eigenvalue weighted by Crippen LogP contribution is 2.49. The first-order valence-corrected chi connectivity index (χ1v) is 11.1. The van der Waals surface area contributed by atoms with Gasteiger partial charge >= 0.3 is 7.82 Å². The summed E-state index contributed by atoms with van der Waals surface area (Å²) >= 11 is 1.29. The predicted molar refractivity (Wildman–Crippen MR) is 108 cm³/mol. The minimum Gasteiger partial charge on any atom is -0.359 e. The van der Waals surface area contributed by atoms with Gasteiger partial charge in [-0.1, -0.05) is 30.0 Å². The average molecular weight is 419 g/mol. The number of benzene rings is 1. The molecule has 1 rings (SSSR count). The van der Waals surface area contributed by atoms with E-state index in [0.717, 1.165) is 16.9 Å². The molecule has 7 nitrogen and oxygen atoms in total. The van der Waals surface area contributed by atoms with Gasteiger partial charge in [0.05, 0.1) is 19.8 Å². The van der Waals surface area contributed by atoms with Crippen LogP contribution in [0.15, 0.2) is 29.2 Å². The summed E-state index contributed by atoms with van der Waals surface area (Å²) in [6.45, 7) is 8.47. The summed E-state index contributed by atoms with van der Waals surface area (Å²) in [5, 5.41) is 2.67. The van der Waals surface area contributed by atoms with Gasteiger partial charge < -0.3 is 5.32 Å². The van der Waals surface area contributed by atoms with Gasteiger partial charge in [0.15, 0.2) is 5.12 Å². The second-order valence-corrected chi connectivity index (χ2v) is 8.14. The minimum atomic E-state index is -3.36. The molecule has 1 N–H and O–H groups in total. The Morgan fingerprint density at radius 2 is 1.78 bits per heavy atom. The van der Waals surface area contributed by atoms with E-state index in [0.29, 0.717) is 19.4 Å². The maximum Gasteiger partial charge on any atom is 0.474 e. The Labute approximate surface area is 166 Å². The molecule has 1 amide bonds. The molecule has 0 spiro atoms. The fraction of sp³-hybridized carbons (Fsp3) is 0.556. The van der Waals surface area contributed by atoms with E-state index in [1.54, 1.807) is 20.8 Å². The van der Waals surface area contributed by atoms with E-state index in [9.17, 15) is 14.2 Å². The highest BCUT2D eigenvalue weighted by Gasteiger charge is 2.24. The van der Waals surface area contributed by atoms with Crippen LogP contribution in [0.3, 0.4) is 0 Å². The van der Waals surface area contributed by atoms with Gasteiger partial charge in [-0.3, -0.25) is 23.2 Å². The topological polar surface area (TPSA) is 90.9 Å². The fourth-order valence-corrected chi connectivity index (χ4v) is 3.71. The van der Waals surface area contributed by atoms with Crippen molar-refractivity contribution >= 4 is 31.1 Å². The number of phosphoric acid groups is 1. The quantitative estimate of drug-likeness (QED) is 0.233. The van der Waals surface area contributed by atoms with Crippen molar-refractivity contribution in [3.8, 4) is 0 Å². The molecule has 0 atom stereocenters. The molecule has 154 valence electrons. The first kappa shape index (κ1) is 25.8. The summed E-state index contributed by atoms with van der Waals surface area (Å²) < 4.78 is 26.7. The van der Waals surface area contributed by atoms with E-state index in [1.165, 1.54) is 11.8 Å². The van der Waals surface area contributed by atoms with E-state index >= 15 is 0 Å². The van der Waals surface area contributed by atoms with Gasteiger partial charge in [0.25, 0.3) is 0 Å². The summed E-state index contributed by atoms with van der Waals surface area (Å²) in [7, 11) is -3.36. The maximum absolute atomic E-state index is 11.8.